The van der Waals surface area contributed by atoms with Crippen LogP contribution in [0.5, 0.6) is 0 Å². The van der Waals surface area contributed by atoms with Gasteiger partial charge in [-0.3, -0.25) is 10.5 Å². The zero-order valence-corrected chi connectivity index (χ0v) is 8.80. The van der Waals surface area contributed by atoms with Crippen molar-refractivity contribution in [1.29, 1.82) is 0 Å². The molecule has 82 valence electrons. The first-order chi connectivity index (χ1) is 6.17. The number of rotatable bonds is 5. The molecule has 0 fully saturated rings. The van der Waals surface area contributed by atoms with E-state index < -0.39 is 26.5 Å². The van der Waals surface area contributed by atoms with E-state index >= 15 is 0 Å². The highest BCUT2D eigenvalue weighted by Crippen LogP contribution is 2.14. The highest BCUT2D eigenvalue weighted by molar-refractivity contribution is 7.93. The van der Waals surface area contributed by atoms with Crippen molar-refractivity contribution in [2.45, 2.75) is 24.6 Å². The summed E-state index contributed by atoms with van der Waals surface area (Å²) in [5.74, 6) is -2.83. The molecular formula is C7H13NO5S. The highest BCUT2D eigenvalue weighted by Gasteiger charge is 2.50. The van der Waals surface area contributed by atoms with Gasteiger partial charge in [0.25, 0.3) is 4.87 Å². The summed E-state index contributed by atoms with van der Waals surface area (Å²) in [6.07, 6.45) is 0.811. The molecular weight excluding hydrogens is 210 g/mol. The zero-order valence-electron chi connectivity index (χ0n) is 7.98. The molecule has 0 radical (unpaired) electrons. The minimum absolute atomic E-state index is 0.171. The number of nitrogens with two attached hydrogens (primary N) is 1. The number of hydrogen-bond acceptors (Lipinski definition) is 5. The molecule has 0 rings (SSSR count). The second kappa shape index (κ2) is 4.05. The Kier molecular flexibility index (Phi) is 3.78. The average molecular weight is 223 g/mol. The third-order valence-electron chi connectivity index (χ3n) is 1.79. The van der Waals surface area contributed by atoms with E-state index in [2.05, 4.69) is 0 Å². The van der Waals surface area contributed by atoms with Crippen LogP contribution in [0, 0.1) is 0 Å². The molecule has 0 spiro atoms. The number of Topliss-reactive ketones (excluding diaryl/α,β-unsaturated/α-hetero) is 1. The van der Waals surface area contributed by atoms with Crippen LogP contribution in [0.1, 0.15) is 19.8 Å². The van der Waals surface area contributed by atoms with Crippen LogP contribution in [-0.2, 0) is 19.4 Å². The number of carbonyl (C=O) groups excluding carboxylic acids is 1. The fraction of sp³-hybridized carbons (Fsp3) is 0.714. The Balaban J connectivity index is 5.35. The van der Waals surface area contributed by atoms with Gasteiger partial charge in [-0.1, -0.05) is 6.92 Å². The summed E-state index contributed by atoms with van der Waals surface area (Å²) in [6, 6.07) is 0. The molecule has 6 nitrogen and oxygen atoms in total. The van der Waals surface area contributed by atoms with Crippen molar-refractivity contribution >= 4 is 21.6 Å². The van der Waals surface area contributed by atoms with Crippen molar-refractivity contribution in [2.75, 3.05) is 6.26 Å². The summed E-state index contributed by atoms with van der Waals surface area (Å²) < 4.78 is 22.2. The average Bonchev–Trinajstić information content (AvgIpc) is 2.00. The molecule has 0 amide bonds. The fourth-order valence-corrected chi connectivity index (χ4v) is 1.73. The van der Waals surface area contributed by atoms with Crippen LogP contribution >= 0.6 is 0 Å². The van der Waals surface area contributed by atoms with Crippen molar-refractivity contribution in [3.63, 3.8) is 0 Å². The number of ketones is 1. The van der Waals surface area contributed by atoms with Crippen molar-refractivity contribution in [2.24, 2.45) is 5.73 Å². The maximum Gasteiger partial charge on any atom is 0.347 e. The number of carbonyl (C=O) groups is 2. The number of carboxylic acid groups (broad SMARTS) is 1. The predicted octanol–water partition coefficient (Wildman–Crippen LogP) is -0.860. The molecule has 3 N–H and O–H groups in total. The predicted molar refractivity (Wildman–Crippen MR) is 49.3 cm³/mol. The number of hydrogen-bond donors (Lipinski definition) is 2. The fourth-order valence-electron chi connectivity index (χ4n) is 0.897. The molecule has 0 aromatic heterocycles. The first kappa shape index (κ1) is 13.1. The van der Waals surface area contributed by atoms with Gasteiger partial charge in [0.1, 0.15) is 0 Å². The molecule has 0 heterocycles. The summed E-state index contributed by atoms with van der Waals surface area (Å²) in [5, 5.41) is 8.64. The molecule has 7 heteroatoms. The molecule has 0 aliphatic rings. The third kappa shape index (κ3) is 2.10. The normalized spacial score (nSPS) is 15.9. The van der Waals surface area contributed by atoms with E-state index in [4.69, 9.17) is 10.8 Å². The Morgan fingerprint density at radius 3 is 2.07 bits per heavy atom. The number of sulfone groups is 1. The second-order valence-electron chi connectivity index (χ2n) is 2.99. The minimum atomic E-state index is -4.16. The molecule has 0 aliphatic carbocycles. The molecule has 0 aromatic rings. The lowest BCUT2D eigenvalue weighted by Gasteiger charge is -2.20. The molecule has 14 heavy (non-hydrogen) atoms. The van der Waals surface area contributed by atoms with Crippen LogP contribution in [0.15, 0.2) is 0 Å². The van der Waals surface area contributed by atoms with Gasteiger partial charge in [-0.15, -0.1) is 0 Å². The monoisotopic (exact) mass is 223 g/mol. The Morgan fingerprint density at radius 2 is 1.86 bits per heavy atom. The van der Waals surface area contributed by atoms with E-state index in [-0.39, 0.29) is 6.42 Å². The van der Waals surface area contributed by atoms with E-state index in [1.54, 1.807) is 6.92 Å². The lowest BCUT2D eigenvalue weighted by Crippen LogP contribution is -2.60. The zero-order chi connectivity index (χ0) is 11.6. The van der Waals surface area contributed by atoms with Crippen molar-refractivity contribution in [3.05, 3.63) is 0 Å². The van der Waals surface area contributed by atoms with Crippen molar-refractivity contribution in [3.8, 4) is 0 Å². The quantitative estimate of drug-likeness (QED) is 0.586. The molecule has 0 aromatic carbocycles. The van der Waals surface area contributed by atoms with Crippen LogP contribution in [0.4, 0.5) is 0 Å². The number of aliphatic carboxylic acids is 1. The van der Waals surface area contributed by atoms with E-state index in [0.29, 0.717) is 12.7 Å². The van der Waals surface area contributed by atoms with E-state index in [1.165, 1.54) is 0 Å². The van der Waals surface area contributed by atoms with E-state index in [9.17, 15) is 18.0 Å². The van der Waals surface area contributed by atoms with E-state index in [0.717, 1.165) is 0 Å². The summed E-state index contributed by atoms with van der Waals surface area (Å²) in [4.78, 5) is 19.1. The second-order valence-corrected chi connectivity index (χ2v) is 5.17. The van der Waals surface area contributed by atoms with Gasteiger partial charge < -0.3 is 5.11 Å². The van der Waals surface area contributed by atoms with Gasteiger partial charge in [0.15, 0.2) is 15.6 Å². The van der Waals surface area contributed by atoms with Crippen LogP contribution in [-0.4, -0.2) is 36.4 Å². The molecule has 0 bridgehead atoms. The molecule has 1 unspecified atom stereocenters. The van der Waals surface area contributed by atoms with Gasteiger partial charge >= 0.3 is 5.97 Å². The summed E-state index contributed by atoms with van der Waals surface area (Å²) >= 11 is 0. The van der Waals surface area contributed by atoms with Gasteiger partial charge in [0.05, 0.1) is 0 Å². The standard InChI is InChI=1S/C7H13NO5S/c1-3-4-5(9)7(8,6(10)11)14(2,12)13/h3-4,8H2,1-2H3,(H,10,11). The SMILES string of the molecule is CCCC(=O)C(N)(C(=O)O)S(C)(=O)=O. The smallest absolute Gasteiger partial charge is 0.347 e. The minimum Gasteiger partial charge on any atom is -0.479 e. The lowest BCUT2D eigenvalue weighted by atomic mass is 10.1. The Labute approximate surface area is 82.0 Å². The topological polar surface area (TPSA) is 115 Å². The maximum absolute atomic E-state index is 11.3. The van der Waals surface area contributed by atoms with Gasteiger partial charge in [-0.2, -0.15) is 0 Å². The molecule has 0 saturated carbocycles. The van der Waals surface area contributed by atoms with E-state index in [1.807, 2.05) is 0 Å². The maximum atomic E-state index is 11.3. The Morgan fingerprint density at radius 1 is 1.43 bits per heavy atom. The molecule has 0 aliphatic heterocycles. The Hall–Kier alpha value is -0.950. The lowest BCUT2D eigenvalue weighted by molar-refractivity contribution is -0.144. The van der Waals surface area contributed by atoms with Crippen molar-refractivity contribution in [1.82, 2.24) is 0 Å². The first-order valence-electron chi connectivity index (χ1n) is 3.93. The largest absolute Gasteiger partial charge is 0.479 e. The van der Waals surface area contributed by atoms with Crippen LogP contribution in [0.3, 0.4) is 0 Å². The summed E-state index contributed by atoms with van der Waals surface area (Å²) in [5.41, 5.74) is 5.11. The molecule has 0 saturated heterocycles. The van der Waals surface area contributed by atoms with Gasteiger partial charge in [0.2, 0.25) is 0 Å². The summed E-state index contributed by atoms with van der Waals surface area (Å²) in [7, 11) is -4.16. The van der Waals surface area contributed by atoms with Gasteiger partial charge in [-0.25, -0.2) is 13.2 Å². The first-order valence-corrected chi connectivity index (χ1v) is 5.82. The van der Waals surface area contributed by atoms with Crippen LogP contribution in [0.2, 0.25) is 0 Å². The van der Waals surface area contributed by atoms with Gasteiger partial charge in [-0.05, 0) is 6.42 Å². The third-order valence-corrected chi connectivity index (χ3v) is 3.37. The Bertz CT molecular complexity index is 347. The van der Waals surface area contributed by atoms with Crippen LogP contribution < -0.4 is 5.73 Å². The highest BCUT2D eigenvalue weighted by atomic mass is 32.2. The van der Waals surface area contributed by atoms with Crippen molar-refractivity contribution < 1.29 is 23.1 Å². The van der Waals surface area contributed by atoms with Crippen LogP contribution in [0.25, 0.3) is 0 Å². The molecule has 1 atom stereocenters. The summed E-state index contributed by atoms with van der Waals surface area (Å²) in [6.45, 7) is 1.63. The van der Waals surface area contributed by atoms with Gasteiger partial charge in [0, 0.05) is 12.7 Å². The number of carboxylic acids is 1.